The van der Waals surface area contributed by atoms with E-state index in [1.54, 1.807) is 0 Å². The molecule has 0 saturated carbocycles. The Hall–Kier alpha value is -1.45. The molecule has 11 heavy (non-hydrogen) atoms. The van der Waals surface area contributed by atoms with Crippen molar-refractivity contribution >= 4 is 5.69 Å². The maximum absolute atomic E-state index is 12.8. The largest absolute Gasteiger partial charge is 0.505 e. The Kier molecular flexibility index (Phi) is 1.85. The van der Waals surface area contributed by atoms with Crippen LogP contribution in [-0.2, 0) is 0 Å². The number of aromatic hydroxyl groups is 1. The van der Waals surface area contributed by atoms with E-state index in [1.165, 1.54) is 19.2 Å². The number of rotatable bonds is 1. The molecule has 0 radical (unpaired) electrons. The summed E-state index contributed by atoms with van der Waals surface area (Å²) in [4.78, 5) is 0. The Balaban J connectivity index is 3.29. The SMILES string of the molecule is COc1c(N)ccc(O)c1F. The topological polar surface area (TPSA) is 55.5 Å². The Morgan fingerprint density at radius 1 is 1.55 bits per heavy atom. The Morgan fingerprint density at radius 2 is 2.18 bits per heavy atom. The summed E-state index contributed by atoms with van der Waals surface area (Å²) in [5, 5.41) is 8.85. The van der Waals surface area contributed by atoms with Crippen LogP contribution in [0, 0.1) is 5.82 Å². The van der Waals surface area contributed by atoms with Crippen LogP contribution in [0.3, 0.4) is 0 Å². The summed E-state index contributed by atoms with van der Waals surface area (Å²) < 4.78 is 17.4. The molecular formula is C7H8FNO2. The predicted molar refractivity (Wildman–Crippen MR) is 39.0 cm³/mol. The van der Waals surface area contributed by atoms with E-state index in [9.17, 15) is 4.39 Å². The van der Waals surface area contributed by atoms with E-state index >= 15 is 0 Å². The molecule has 0 unspecified atom stereocenters. The molecule has 4 heteroatoms. The summed E-state index contributed by atoms with van der Waals surface area (Å²) in [7, 11) is 1.29. The standard InChI is InChI=1S/C7H8FNO2/c1-11-7-4(9)2-3-5(10)6(7)8/h2-3,10H,9H2,1H3. The molecule has 0 aromatic heterocycles. The van der Waals surface area contributed by atoms with Crippen LogP contribution in [0.15, 0.2) is 12.1 Å². The number of nitrogen functional groups attached to an aromatic ring is 1. The fraction of sp³-hybridized carbons (Fsp3) is 0.143. The molecule has 0 bridgehead atoms. The highest BCUT2D eigenvalue weighted by atomic mass is 19.1. The predicted octanol–water partition coefficient (Wildman–Crippen LogP) is 1.12. The van der Waals surface area contributed by atoms with Crippen molar-refractivity contribution in [2.24, 2.45) is 0 Å². The zero-order valence-electron chi connectivity index (χ0n) is 5.97. The lowest BCUT2D eigenvalue weighted by Gasteiger charge is -2.05. The van der Waals surface area contributed by atoms with Crippen LogP contribution in [0.25, 0.3) is 0 Å². The zero-order chi connectivity index (χ0) is 8.43. The van der Waals surface area contributed by atoms with Gasteiger partial charge >= 0.3 is 0 Å². The molecule has 0 spiro atoms. The van der Waals surface area contributed by atoms with Gasteiger partial charge in [-0.3, -0.25) is 0 Å². The van der Waals surface area contributed by atoms with Gasteiger partial charge in [-0.15, -0.1) is 0 Å². The normalized spacial score (nSPS) is 9.64. The number of phenolic OH excluding ortho intramolecular Hbond substituents is 1. The Labute approximate surface area is 63.2 Å². The molecule has 0 heterocycles. The van der Waals surface area contributed by atoms with Crippen molar-refractivity contribution in [2.45, 2.75) is 0 Å². The van der Waals surface area contributed by atoms with Gasteiger partial charge in [0.05, 0.1) is 12.8 Å². The second-order valence-corrected chi connectivity index (χ2v) is 2.02. The van der Waals surface area contributed by atoms with Crippen molar-refractivity contribution < 1.29 is 14.2 Å². The number of nitrogens with two attached hydrogens (primary N) is 1. The second kappa shape index (κ2) is 2.65. The first-order chi connectivity index (χ1) is 5.16. The van der Waals surface area contributed by atoms with E-state index in [2.05, 4.69) is 4.74 Å². The summed E-state index contributed by atoms with van der Waals surface area (Å²) in [6.07, 6.45) is 0. The highest BCUT2D eigenvalue weighted by molar-refractivity contribution is 5.56. The molecule has 0 aliphatic carbocycles. The number of benzene rings is 1. The number of hydrogen-bond acceptors (Lipinski definition) is 3. The van der Waals surface area contributed by atoms with Crippen molar-refractivity contribution in [3.05, 3.63) is 17.9 Å². The lowest BCUT2D eigenvalue weighted by Crippen LogP contribution is -1.95. The van der Waals surface area contributed by atoms with Crippen LogP contribution in [0.5, 0.6) is 11.5 Å². The molecule has 0 saturated heterocycles. The van der Waals surface area contributed by atoms with Gasteiger partial charge in [0.2, 0.25) is 5.82 Å². The maximum Gasteiger partial charge on any atom is 0.208 e. The number of anilines is 1. The fourth-order valence-corrected chi connectivity index (χ4v) is 0.768. The van der Waals surface area contributed by atoms with E-state index in [1.807, 2.05) is 0 Å². The summed E-state index contributed by atoms with van der Waals surface area (Å²) in [6.45, 7) is 0. The average molecular weight is 157 g/mol. The first kappa shape index (κ1) is 7.65. The third-order valence-electron chi connectivity index (χ3n) is 1.31. The van der Waals surface area contributed by atoms with Gasteiger partial charge in [0.1, 0.15) is 0 Å². The smallest absolute Gasteiger partial charge is 0.208 e. The van der Waals surface area contributed by atoms with Gasteiger partial charge < -0.3 is 15.6 Å². The minimum atomic E-state index is -0.826. The minimum absolute atomic E-state index is 0.120. The lowest BCUT2D eigenvalue weighted by molar-refractivity contribution is 0.366. The van der Waals surface area contributed by atoms with E-state index in [4.69, 9.17) is 10.8 Å². The summed E-state index contributed by atoms with van der Waals surface area (Å²) in [5.41, 5.74) is 5.49. The van der Waals surface area contributed by atoms with E-state index in [0.717, 1.165) is 0 Å². The molecule has 1 rings (SSSR count). The van der Waals surface area contributed by atoms with Crippen LogP contribution < -0.4 is 10.5 Å². The monoisotopic (exact) mass is 157 g/mol. The van der Waals surface area contributed by atoms with Gasteiger partial charge in [0, 0.05) is 0 Å². The molecule has 0 fully saturated rings. The first-order valence-electron chi connectivity index (χ1n) is 2.97. The lowest BCUT2D eigenvalue weighted by atomic mass is 10.2. The van der Waals surface area contributed by atoms with Crippen LogP contribution in [0.4, 0.5) is 10.1 Å². The van der Waals surface area contributed by atoms with Crippen molar-refractivity contribution in [3.8, 4) is 11.5 Å². The van der Waals surface area contributed by atoms with Crippen molar-refractivity contribution in [1.82, 2.24) is 0 Å². The molecule has 0 aliphatic rings. The number of ether oxygens (including phenoxy) is 1. The maximum atomic E-state index is 12.8. The van der Waals surface area contributed by atoms with Gasteiger partial charge in [0.25, 0.3) is 0 Å². The molecule has 0 amide bonds. The fourth-order valence-electron chi connectivity index (χ4n) is 0.768. The molecule has 1 aromatic carbocycles. The summed E-state index contributed by atoms with van der Waals surface area (Å²) >= 11 is 0. The van der Waals surface area contributed by atoms with Gasteiger partial charge in [0.15, 0.2) is 11.5 Å². The molecule has 3 nitrogen and oxygen atoms in total. The van der Waals surface area contributed by atoms with Gasteiger partial charge in [-0.2, -0.15) is 4.39 Å². The number of methoxy groups -OCH3 is 1. The van der Waals surface area contributed by atoms with Crippen LogP contribution >= 0.6 is 0 Å². The molecule has 60 valence electrons. The molecule has 3 N–H and O–H groups in total. The highest BCUT2D eigenvalue weighted by Gasteiger charge is 2.10. The van der Waals surface area contributed by atoms with Crippen LogP contribution in [0.1, 0.15) is 0 Å². The number of phenols is 1. The molecule has 0 aliphatic heterocycles. The zero-order valence-corrected chi connectivity index (χ0v) is 5.97. The van der Waals surface area contributed by atoms with Crippen molar-refractivity contribution in [3.63, 3.8) is 0 Å². The van der Waals surface area contributed by atoms with E-state index < -0.39 is 11.6 Å². The van der Waals surface area contributed by atoms with Gasteiger partial charge in [-0.25, -0.2) is 0 Å². The number of halogens is 1. The minimum Gasteiger partial charge on any atom is -0.505 e. The molecular weight excluding hydrogens is 149 g/mol. The average Bonchev–Trinajstić information content (AvgIpc) is 1.99. The van der Waals surface area contributed by atoms with E-state index in [0.29, 0.717) is 0 Å². The first-order valence-corrected chi connectivity index (χ1v) is 2.97. The van der Waals surface area contributed by atoms with Gasteiger partial charge in [-0.1, -0.05) is 0 Å². The third kappa shape index (κ3) is 1.19. The third-order valence-corrected chi connectivity index (χ3v) is 1.31. The molecule has 1 aromatic rings. The number of hydrogen-bond donors (Lipinski definition) is 2. The summed E-state index contributed by atoms with van der Waals surface area (Å²) in [6, 6.07) is 2.55. The quantitative estimate of drug-likeness (QED) is 0.474. The second-order valence-electron chi connectivity index (χ2n) is 2.02. The van der Waals surface area contributed by atoms with Gasteiger partial charge in [-0.05, 0) is 12.1 Å². The summed E-state index contributed by atoms with van der Waals surface area (Å²) in [5.74, 6) is -1.41. The molecule has 0 atom stereocenters. The van der Waals surface area contributed by atoms with Crippen molar-refractivity contribution in [1.29, 1.82) is 0 Å². The Morgan fingerprint density at radius 3 is 2.64 bits per heavy atom. The highest BCUT2D eigenvalue weighted by Crippen LogP contribution is 2.30. The van der Waals surface area contributed by atoms with Crippen molar-refractivity contribution in [2.75, 3.05) is 12.8 Å². The van der Waals surface area contributed by atoms with E-state index in [-0.39, 0.29) is 11.4 Å². The van der Waals surface area contributed by atoms with Crippen LogP contribution in [-0.4, -0.2) is 12.2 Å². The Bertz CT molecular complexity index is 275. The van der Waals surface area contributed by atoms with Crippen LogP contribution in [0.2, 0.25) is 0 Å².